The normalized spacial score (nSPS) is 0.667. The van der Waals surface area contributed by atoms with Gasteiger partial charge in [0, 0.05) is 107 Å². The minimum absolute atomic E-state index is 0. The topological polar surface area (TPSA) is 17.1 Å². The fraction of sp³-hybridized carbons (Fsp3) is 0. The smallest absolute Gasteiger partial charge is 0.197 e. The predicted molar refractivity (Wildman–Crippen MR) is 13.9 cm³/mol. The molecule has 0 aromatic heterocycles. The van der Waals surface area contributed by atoms with Gasteiger partial charge in [0.15, 0.2) is 12.5 Å². The summed E-state index contributed by atoms with van der Waals surface area (Å²) in [4.78, 5) is 0. The van der Waals surface area contributed by atoms with Crippen molar-refractivity contribution in [2.45, 2.75) is 0 Å². The Kier molecular flexibility index (Phi) is 223. The van der Waals surface area contributed by atoms with Gasteiger partial charge in [0.2, 0.25) is 0 Å². The first-order valence-electron chi connectivity index (χ1n) is 0.167. The molecule has 0 aliphatic carbocycles. The van der Waals surface area contributed by atoms with E-state index in [1.54, 1.807) is 0 Å². The van der Waals surface area contributed by atoms with E-state index >= 15 is 0 Å². The second-order valence-corrected chi connectivity index (χ2v) is 0. The molecule has 0 heterocycles. The van der Waals surface area contributed by atoms with Gasteiger partial charge in [-0.25, -0.2) is 0 Å². The molecule has 0 saturated carbocycles. The molecule has 6 heavy (non-hydrogen) atoms. The average molecular weight is 382 g/mol. The van der Waals surface area contributed by atoms with Crippen LogP contribution in [0, 0.1) is 0 Å². The molecule has 20 valence electrons. The van der Waals surface area contributed by atoms with Gasteiger partial charge in [-0.15, -0.1) is 0 Å². The largest absolute Gasteiger partial charge is 0.197 e. The van der Waals surface area contributed by atoms with Gasteiger partial charge >= 0.3 is 0 Å². The Balaban J connectivity index is -0.000000000833. The number of rotatable bonds is 0. The summed E-state index contributed by atoms with van der Waals surface area (Å²) in [5, 5.41) is 0. The van der Waals surface area contributed by atoms with E-state index in [1.165, 1.54) is 0 Å². The van der Waals surface area contributed by atoms with Gasteiger partial charge in [-0.3, -0.25) is 0 Å². The monoisotopic (exact) mass is 378 g/mol. The summed E-state index contributed by atoms with van der Waals surface area (Å²) in [6.45, 7) is 0. The first-order valence-corrected chi connectivity index (χ1v) is 0.500. The summed E-state index contributed by atoms with van der Waals surface area (Å²) < 4.78 is 7.83. The molecule has 0 unspecified atom stereocenters. The van der Waals surface area contributed by atoms with Crippen LogP contribution < -0.4 is 0 Å². The van der Waals surface area contributed by atoms with Crippen LogP contribution >= 0.6 is 0 Å². The molecule has 2 radical (unpaired) electrons. The van der Waals surface area contributed by atoms with Gasteiger partial charge in [0.25, 0.3) is 0 Å². The van der Waals surface area contributed by atoms with Crippen LogP contribution in [0.1, 0.15) is 0 Å². The maximum Gasteiger partial charge on any atom is 0.197 e. The van der Waals surface area contributed by atoms with Crippen LogP contribution in [0.15, 0.2) is 0 Å². The second kappa shape index (κ2) is 39.3. The summed E-state index contributed by atoms with van der Waals surface area (Å²) >= 11 is 2.83. The summed E-state index contributed by atoms with van der Waals surface area (Å²) in [6, 6.07) is 0. The zero-order chi connectivity index (χ0) is 2.00. The molecule has 0 amide bonds. The van der Waals surface area contributed by atoms with E-state index in [0.717, 1.165) is 0 Å². The molecular formula is BaOSZn3. The zero-order valence-corrected chi connectivity index (χ0v) is 17.8. The van der Waals surface area contributed by atoms with Crippen LogP contribution in [0.5, 0.6) is 0 Å². The van der Waals surface area contributed by atoms with E-state index in [4.69, 9.17) is 4.21 Å². The first kappa shape index (κ1) is 34.0. The standard InChI is InChI=1S/Ba.OS.3Zn/c;1-2;;;. The third kappa shape index (κ3) is 26.0. The van der Waals surface area contributed by atoms with Crippen LogP contribution in [0.2, 0.25) is 0 Å². The summed E-state index contributed by atoms with van der Waals surface area (Å²) in [7, 11) is 0. The fourth-order valence-corrected chi connectivity index (χ4v) is 0. The van der Waals surface area contributed by atoms with Crippen LogP contribution in [-0.2, 0) is 71.0 Å². The Labute approximate surface area is 121 Å². The third-order valence-electron chi connectivity index (χ3n) is 0. The molecular weight excluding hydrogens is 382 g/mol. The third-order valence-corrected chi connectivity index (χ3v) is 0. The Bertz CT molecular complexity index is 10.8. The van der Waals surface area contributed by atoms with Crippen molar-refractivity contribution in [3.8, 4) is 0 Å². The Morgan fingerprint density at radius 1 is 0.833 bits per heavy atom. The zero-order valence-electron chi connectivity index (χ0n) is 3.64. The number of hydrogen-bond donors (Lipinski definition) is 0. The van der Waals surface area contributed by atoms with Crippen molar-refractivity contribution in [2.75, 3.05) is 0 Å². The van der Waals surface area contributed by atoms with Crippen LogP contribution in [-0.4, -0.2) is 53.1 Å². The molecule has 0 bridgehead atoms. The van der Waals surface area contributed by atoms with Crippen molar-refractivity contribution in [3.05, 3.63) is 0 Å². The van der Waals surface area contributed by atoms with Crippen LogP contribution in [0.25, 0.3) is 0 Å². The molecule has 0 aliphatic heterocycles. The SMILES string of the molecule is O=S.[Ba].[Zn].[Zn].[Zn]. The van der Waals surface area contributed by atoms with Crippen molar-refractivity contribution < 1.29 is 62.6 Å². The van der Waals surface area contributed by atoms with E-state index in [9.17, 15) is 0 Å². The van der Waals surface area contributed by atoms with E-state index in [0.29, 0.717) is 0 Å². The molecule has 0 N–H and O–H groups in total. The molecule has 0 spiro atoms. The minimum atomic E-state index is 0. The van der Waals surface area contributed by atoms with Gasteiger partial charge in [-0.05, 0) is 0 Å². The van der Waals surface area contributed by atoms with Gasteiger partial charge in [0.1, 0.15) is 0 Å². The van der Waals surface area contributed by atoms with Crippen LogP contribution in [0.4, 0.5) is 0 Å². The maximum absolute atomic E-state index is 7.83. The molecule has 0 aromatic rings. The van der Waals surface area contributed by atoms with Gasteiger partial charge < -0.3 is 0 Å². The van der Waals surface area contributed by atoms with Crippen LogP contribution in [0.3, 0.4) is 0 Å². The minimum Gasteiger partial charge on any atom is -0.197 e. The van der Waals surface area contributed by atoms with Crippen molar-refractivity contribution >= 4 is 61.4 Å². The maximum atomic E-state index is 7.83. The molecule has 6 heteroatoms. The molecule has 0 saturated heterocycles. The van der Waals surface area contributed by atoms with Crippen molar-refractivity contribution in [3.63, 3.8) is 0 Å². The van der Waals surface area contributed by atoms with Crippen molar-refractivity contribution in [1.82, 2.24) is 0 Å². The van der Waals surface area contributed by atoms with E-state index < -0.39 is 0 Å². The summed E-state index contributed by atoms with van der Waals surface area (Å²) in [6.07, 6.45) is 0. The van der Waals surface area contributed by atoms with E-state index in [-0.39, 0.29) is 107 Å². The average Bonchev–Trinajstić information content (AvgIpc) is 1.00. The molecule has 0 aromatic carbocycles. The summed E-state index contributed by atoms with van der Waals surface area (Å²) in [5.41, 5.74) is 0. The van der Waals surface area contributed by atoms with E-state index in [1.807, 2.05) is 0 Å². The fourth-order valence-electron chi connectivity index (χ4n) is 0. The quantitative estimate of drug-likeness (QED) is 0.515. The summed E-state index contributed by atoms with van der Waals surface area (Å²) in [5.74, 6) is 0. The van der Waals surface area contributed by atoms with E-state index in [2.05, 4.69) is 12.5 Å². The Morgan fingerprint density at radius 2 is 0.833 bits per heavy atom. The van der Waals surface area contributed by atoms with Gasteiger partial charge in [0.05, 0.1) is 0 Å². The Hall–Kier alpha value is 3.46. The molecule has 0 rings (SSSR count). The molecule has 1 nitrogen and oxygen atoms in total. The number of hydrogen-bond acceptors (Lipinski definition) is 2. The molecule has 0 fully saturated rings. The predicted octanol–water partition coefficient (Wildman–Crippen LogP) is -0.725. The van der Waals surface area contributed by atoms with Crippen molar-refractivity contribution in [1.29, 1.82) is 0 Å². The van der Waals surface area contributed by atoms with Crippen molar-refractivity contribution in [2.24, 2.45) is 0 Å². The molecule has 0 atom stereocenters. The molecule has 0 aliphatic rings. The van der Waals surface area contributed by atoms with Gasteiger partial charge in [-0.2, -0.15) is 4.21 Å². The first-order chi connectivity index (χ1) is 1.00. The second-order valence-electron chi connectivity index (χ2n) is 0. The Morgan fingerprint density at radius 3 is 0.833 bits per heavy atom. The van der Waals surface area contributed by atoms with Gasteiger partial charge in [-0.1, -0.05) is 0 Å².